The molecule has 3 rings (SSSR count). The van der Waals surface area contributed by atoms with Gasteiger partial charge < -0.3 is 5.32 Å². The molecule has 0 radical (unpaired) electrons. The fourth-order valence-electron chi connectivity index (χ4n) is 2.89. The van der Waals surface area contributed by atoms with Gasteiger partial charge in [0.05, 0.1) is 5.69 Å². The number of benzene rings is 2. The van der Waals surface area contributed by atoms with E-state index in [1.54, 1.807) is 6.07 Å². The number of aromatic nitrogens is 2. The molecule has 1 unspecified atom stereocenters. The fraction of sp³-hybridized carbons (Fsp3) is 0.227. The molecule has 0 fully saturated rings. The van der Waals surface area contributed by atoms with Crippen molar-refractivity contribution in [3.05, 3.63) is 87.1 Å². The summed E-state index contributed by atoms with van der Waals surface area (Å²) in [5, 5.41) is 7.29. The Bertz CT molecular complexity index is 985. The first-order chi connectivity index (χ1) is 13.5. The maximum absolute atomic E-state index is 12.4. The SMILES string of the molecule is CC(CCc1ccccc1)NC(=O)Cn1nc(-c2ccc(Br)cc2)ccc1=O. The average molecular weight is 440 g/mol. The smallest absolute Gasteiger partial charge is 0.267 e. The number of nitrogens with zero attached hydrogens (tertiary/aromatic N) is 2. The van der Waals surface area contributed by atoms with E-state index in [1.165, 1.54) is 16.3 Å². The number of carbonyl (C=O) groups is 1. The Morgan fingerprint density at radius 2 is 1.79 bits per heavy atom. The first-order valence-electron chi connectivity index (χ1n) is 9.18. The van der Waals surface area contributed by atoms with Crippen LogP contribution in [0.5, 0.6) is 0 Å². The largest absolute Gasteiger partial charge is 0.352 e. The number of hydrogen-bond donors (Lipinski definition) is 1. The minimum atomic E-state index is -0.298. The van der Waals surface area contributed by atoms with Crippen LogP contribution < -0.4 is 10.9 Å². The average Bonchev–Trinajstić information content (AvgIpc) is 2.69. The van der Waals surface area contributed by atoms with Crippen LogP contribution in [0.4, 0.5) is 0 Å². The topological polar surface area (TPSA) is 64.0 Å². The van der Waals surface area contributed by atoms with Crippen molar-refractivity contribution in [3.8, 4) is 11.3 Å². The number of rotatable bonds is 7. The number of nitrogens with one attached hydrogen (secondary N) is 1. The second kappa shape index (κ2) is 9.46. The van der Waals surface area contributed by atoms with Crippen LogP contribution in [0.1, 0.15) is 18.9 Å². The standard InChI is InChI=1S/C22H22BrN3O2/c1-16(7-8-17-5-3-2-4-6-17)24-21(27)15-26-22(28)14-13-20(25-26)18-9-11-19(23)12-10-18/h2-6,9-14,16H,7-8,15H2,1H3,(H,24,27). The Morgan fingerprint density at radius 1 is 1.07 bits per heavy atom. The Morgan fingerprint density at radius 3 is 2.50 bits per heavy atom. The third kappa shape index (κ3) is 5.63. The van der Waals surface area contributed by atoms with Gasteiger partial charge in [0.25, 0.3) is 5.56 Å². The first-order valence-corrected chi connectivity index (χ1v) is 9.98. The normalized spacial score (nSPS) is 11.8. The van der Waals surface area contributed by atoms with Crippen molar-refractivity contribution in [2.45, 2.75) is 32.4 Å². The molecule has 0 bridgehead atoms. The number of amides is 1. The minimum Gasteiger partial charge on any atom is -0.352 e. The maximum atomic E-state index is 12.4. The lowest BCUT2D eigenvalue weighted by molar-refractivity contribution is -0.122. The molecule has 1 aromatic heterocycles. The van der Waals surface area contributed by atoms with Crippen LogP contribution in [0.15, 0.2) is 76.0 Å². The van der Waals surface area contributed by atoms with Crippen LogP contribution in [-0.2, 0) is 17.8 Å². The molecule has 1 heterocycles. The molecule has 6 heteroatoms. The molecule has 1 amide bonds. The van der Waals surface area contributed by atoms with E-state index in [2.05, 4.69) is 38.5 Å². The molecule has 3 aromatic rings. The van der Waals surface area contributed by atoms with Gasteiger partial charge in [-0.2, -0.15) is 5.10 Å². The summed E-state index contributed by atoms with van der Waals surface area (Å²) in [6.07, 6.45) is 1.72. The lowest BCUT2D eigenvalue weighted by atomic mass is 10.1. The summed E-state index contributed by atoms with van der Waals surface area (Å²) in [6, 6.07) is 20.9. The van der Waals surface area contributed by atoms with Crippen molar-refractivity contribution >= 4 is 21.8 Å². The predicted octanol–water partition coefficient (Wildman–Crippen LogP) is 3.81. The zero-order valence-corrected chi connectivity index (χ0v) is 17.2. The van der Waals surface area contributed by atoms with E-state index >= 15 is 0 Å². The van der Waals surface area contributed by atoms with Gasteiger partial charge >= 0.3 is 0 Å². The van der Waals surface area contributed by atoms with E-state index in [9.17, 15) is 9.59 Å². The minimum absolute atomic E-state index is 0.0121. The van der Waals surface area contributed by atoms with Crippen molar-refractivity contribution in [3.63, 3.8) is 0 Å². The zero-order chi connectivity index (χ0) is 19.9. The molecule has 2 aromatic carbocycles. The third-order valence-corrected chi connectivity index (χ3v) is 4.94. The van der Waals surface area contributed by atoms with Gasteiger partial charge in [-0.15, -0.1) is 0 Å². The summed E-state index contributed by atoms with van der Waals surface area (Å²) >= 11 is 3.40. The number of aryl methyl sites for hydroxylation is 1. The van der Waals surface area contributed by atoms with Gasteiger partial charge in [0, 0.05) is 22.1 Å². The first kappa shape index (κ1) is 20.0. The summed E-state index contributed by atoms with van der Waals surface area (Å²) in [5.74, 6) is -0.219. The Labute approximate surface area is 172 Å². The molecule has 0 saturated heterocycles. The number of halogens is 1. The Kier molecular flexibility index (Phi) is 6.76. The van der Waals surface area contributed by atoms with Gasteiger partial charge in [0.2, 0.25) is 5.91 Å². The van der Waals surface area contributed by atoms with Crippen molar-refractivity contribution in [1.82, 2.24) is 15.1 Å². The maximum Gasteiger partial charge on any atom is 0.267 e. The molecule has 1 atom stereocenters. The highest BCUT2D eigenvalue weighted by Gasteiger charge is 2.11. The van der Waals surface area contributed by atoms with E-state index in [0.717, 1.165) is 22.9 Å². The van der Waals surface area contributed by atoms with Crippen LogP contribution in [0, 0.1) is 0 Å². The highest BCUT2D eigenvalue weighted by molar-refractivity contribution is 9.10. The van der Waals surface area contributed by atoms with E-state index in [4.69, 9.17) is 0 Å². The van der Waals surface area contributed by atoms with Crippen LogP contribution in [0.25, 0.3) is 11.3 Å². The molecule has 0 aliphatic rings. The quantitative estimate of drug-likeness (QED) is 0.608. The fourth-order valence-corrected chi connectivity index (χ4v) is 3.16. The second-order valence-electron chi connectivity index (χ2n) is 6.71. The number of hydrogen-bond acceptors (Lipinski definition) is 3. The summed E-state index contributed by atoms with van der Waals surface area (Å²) < 4.78 is 2.17. The van der Waals surface area contributed by atoms with E-state index < -0.39 is 0 Å². The second-order valence-corrected chi connectivity index (χ2v) is 7.63. The van der Waals surface area contributed by atoms with E-state index in [1.807, 2.05) is 49.4 Å². The highest BCUT2D eigenvalue weighted by Crippen LogP contribution is 2.18. The van der Waals surface area contributed by atoms with Gasteiger partial charge in [-0.25, -0.2) is 4.68 Å². The molecule has 5 nitrogen and oxygen atoms in total. The van der Waals surface area contributed by atoms with Crippen LogP contribution in [0.3, 0.4) is 0 Å². The van der Waals surface area contributed by atoms with E-state index in [-0.39, 0.29) is 24.1 Å². The summed E-state index contributed by atoms with van der Waals surface area (Å²) in [4.78, 5) is 24.5. The van der Waals surface area contributed by atoms with Crippen LogP contribution in [0.2, 0.25) is 0 Å². The van der Waals surface area contributed by atoms with Crippen molar-refractivity contribution < 1.29 is 4.79 Å². The van der Waals surface area contributed by atoms with Gasteiger partial charge in [-0.1, -0.05) is 58.4 Å². The van der Waals surface area contributed by atoms with Crippen molar-refractivity contribution in [2.75, 3.05) is 0 Å². The molecule has 0 spiro atoms. The molecule has 28 heavy (non-hydrogen) atoms. The number of carbonyl (C=O) groups excluding carboxylic acids is 1. The van der Waals surface area contributed by atoms with Crippen LogP contribution >= 0.6 is 15.9 Å². The van der Waals surface area contributed by atoms with Gasteiger partial charge in [0.1, 0.15) is 6.54 Å². The van der Waals surface area contributed by atoms with Crippen molar-refractivity contribution in [2.24, 2.45) is 0 Å². The lowest BCUT2D eigenvalue weighted by Gasteiger charge is -2.14. The molecule has 0 aliphatic carbocycles. The molecule has 0 aliphatic heterocycles. The van der Waals surface area contributed by atoms with Gasteiger partial charge in [-0.05, 0) is 43.5 Å². The monoisotopic (exact) mass is 439 g/mol. The van der Waals surface area contributed by atoms with Gasteiger partial charge in [-0.3, -0.25) is 9.59 Å². The molecule has 144 valence electrons. The predicted molar refractivity (Wildman–Crippen MR) is 114 cm³/mol. The molecule has 0 saturated carbocycles. The van der Waals surface area contributed by atoms with Gasteiger partial charge in [0.15, 0.2) is 0 Å². The summed E-state index contributed by atoms with van der Waals surface area (Å²) in [6.45, 7) is 1.87. The van der Waals surface area contributed by atoms with Crippen molar-refractivity contribution in [1.29, 1.82) is 0 Å². The molecular formula is C22H22BrN3O2. The molecular weight excluding hydrogens is 418 g/mol. The zero-order valence-electron chi connectivity index (χ0n) is 15.6. The molecule has 1 N–H and O–H groups in total. The Hall–Kier alpha value is -2.73. The Balaban J connectivity index is 1.61. The highest BCUT2D eigenvalue weighted by atomic mass is 79.9. The third-order valence-electron chi connectivity index (χ3n) is 4.42. The van der Waals surface area contributed by atoms with E-state index in [0.29, 0.717) is 5.69 Å². The lowest BCUT2D eigenvalue weighted by Crippen LogP contribution is -2.38. The summed E-state index contributed by atoms with van der Waals surface area (Å²) in [7, 11) is 0. The summed E-state index contributed by atoms with van der Waals surface area (Å²) in [5.41, 5.74) is 2.47. The van der Waals surface area contributed by atoms with Crippen LogP contribution in [-0.4, -0.2) is 21.7 Å².